The van der Waals surface area contributed by atoms with Crippen LogP contribution in [0.3, 0.4) is 0 Å². The first kappa shape index (κ1) is 19.6. The Balaban J connectivity index is 1.55. The maximum atomic E-state index is 12.8. The van der Waals surface area contributed by atoms with Crippen LogP contribution >= 0.6 is 0 Å². The molecule has 2 saturated heterocycles. The van der Waals surface area contributed by atoms with Crippen LogP contribution < -0.4 is 5.32 Å². The Morgan fingerprint density at radius 2 is 1.85 bits per heavy atom. The van der Waals surface area contributed by atoms with Crippen molar-refractivity contribution in [2.45, 2.75) is 70.4 Å². The summed E-state index contributed by atoms with van der Waals surface area (Å²) in [5, 5.41) is 2.79. The van der Waals surface area contributed by atoms with E-state index in [4.69, 9.17) is 4.74 Å². The highest BCUT2D eigenvalue weighted by Gasteiger charge is 2.52. The fourth-order valence-electron chi connectivity index (χ4n) is 4.35. The molecule has 27 heavy (non-hydrogen) atoms. The first-order valence-corrected chi connectivity index (χ1v) is 9.98. The average Bonchev–Trinajstić information content (AvgIpc) is 3.26. The SMILES string of the molecule is CCC1CCC2(CC1)NC(=O)N(CC(=O)OC(C)C(=O)N1CCCC1)C2=O. The van der Waals surface area contributed by atoms with Crippen LogP contribution in [0, 0.1) is 5.92 Å². The fraction of sp³-hybridized carbons (Fsp3) is 0.789. The van der Waals surface area contributed by atoms with Gasteiger partial charge in [0.25, 0.3) is 11.8 Å². The molecule has 3 rings (SSSR count). The predicted molar refractivity (Wildman–Crippen MR) is 96.6 cm³/mol. The van der Waals surface area contributed by atoms with Crippen molar-refractivity contribution in [3.63, 3.8) is 0 Å². The summed E-state index contributed by atoms with van der Waals surface area (Å²) in [7, 11) is 0. The number of carbonyl (C=O) groups excluding carboxylic acids is 4. The van der Waals surface area contributed by atoms with Crippen LogP contribution in [0.25, 0.3) is 0 Å². The van der Waals surface area contributed by atoms with Gasteiger partial charge in [-0.3, -0.25) is 19.3 Å². The number of urea groups is 1. The molecule has 3 fully saturated rings. The van der Waals surface area contributed by atoms with E-state index in [1.54, 1.807) is 4.90 Å². The van der Waals surface area contributed by atoms with Crippen molar-refractivity contribution < 1.29 is 23.9 Å². The third-order valence-electron chi connectivity index (χ3n) is 6.14. The number of ether oxygens (including phenoxy) is 1. The van der Waals surface area contributed by atoms with Crippen LogP contribution in [0.15, 0.2) is 0 Å². The van der Waals surface area contributed by atoms with E-state index in [2.05, 4.69) is 12.2 Å². The standard InChI is InChI=1S/C19H29N3O5/c1-3-14-6-8-19(9-7-14)17(25)22(18(26)20-19)12-15(23)27-13(2)16(24)21-10-4-5-11-21/h13-14H,3-12H2,1-2H3,(H,20,26). The molecule has 0 aromatic carbocycles. The summed E-state index contributed by atoms with van der Waals surface area (Å²) in [5.41, 5.74) is -0.875. The zero-order valence-electron chi connectivity index (χ0n) is 16.2. The molecule has 0 aromatic rings. The Morgan fingerprint density at radius 3 is 2.44 bits per heavy atom. The number of imide groups is 1. The quantitative estimate of drug-likeness (QED) is 0.576. The van der Waals surface area contributed by atoms with Gasteiger partial charge in [-0.2, -0.15) is 0 Å². The molecule has 150 valence electrons. The molecular weight excluding hydrogens is 350 g/mol. The maximum Gasteiger partial charge on any atom is 0.327 e. The van der Waals surface area contributed by atoms with Gasteiger partial charge in [-0.15, -0.1) is 0 Å². The minimum Gasteiger partial charge on any atom is -0.451 e. The van der Waals surface area contributed by atoms with Crippen molar-refractivity contribution in [1.82, 2.24) is 15.1 Å². The predicted octanol–water partition coefficient (Wildman–Crippen LogP) is 1.43. The van der Waals surface area contributed by atoms with E-state index in [0.717, 1.165) is 37.0 Å². The third kappa shape index (κ3) is 3.94. The Labute approximate surface area is 159 Å². The topological polar surface area (TPSA) is 96.0 Å². The van der Waals surface area contributed by atoms with Gasteiger partial charge in [0.05, 0.1) is 0 Å². The molecule has 1 saturated carbocycles. The molecular formula is C19H29N3O5. The number of hydrogen-bond donors (Lipinski definition) is 1. The van der Waals surface area contributed by atoms with Gasteiger partial charge in [-0.25, -0.2) is 4.79 Å². The zero-order chi connectivity index (χ0) is 19.6. The lowest BCUT2D eigenvalue weighted by Gasteiger charge is -2.34. The minimum atomic E-state index is -0.912. The van der Waals surface area contributed by atoms with Crippen LogP contribution in [0.2, 0.25) is 0 Å². The molecule has 2 aliphatic heterocycles. The van der Waals surface area contributed by atoms with Gasteiger partial charge in [-0.1, -0.05) is 13.3 Å². The van der Waals surface area contributed by atoms with Gasteiger partial charge < -0.3 is 15.0 Å². The van der Waals surface area contributed by atoms with Crippen LogP contribution in [-0.2, 0) is 19.1 Å². The molecule has 0 bridgehead atoms. The Kier molecular flexibility index (Phi) is 5.72. The van der Waals surface area contributed by atoms with Gasteiger partial charge >= 0.3 is 12.0 Å². The zero-order valence-corrected chi connectivity index (χ0v) is 16.2. The lowest BCUT2D eigenvalue weighted by Crippen LogP contribution is -2.49. The lowest BCUT2D eigenvalue weighted by atomic mass is 9.75. The van der Waals surface area contributed by atoms with Crippen LogP contribution in [0.4, 0.5) is 4.79 Å². The molecule has 0 radical (unpaired) electrons. The number of esters is 1. The number of nitrogens with zero attached hydrogens (tertiary/aromatic N) is 2. The molecule has 8 nitrogen and oxygen atoms in total. The molecule has 0 aromatic heterocycles. The molecule has 1 aliphatic carbocycles. The molecule has 4 amide bonds. The second kappa shape index (κ2) is 7.86. The normalized spacial score (nSPS) is 29.2. The van der Waals surface area contributed by atoms with Gasteiger partial charge in [-0.05, 0) is 51.4 Å². The summed E-state index contributed by atoms with van der Waals surface area (Å²) in [4.78, 5) is 52.2. The molecule has 1 unspecified atom stereocenters. The Morgan fingerprint density at radius 1 is 1.22 bits per heavy atom. The Hall–Kier alpha value is -2.12. The number of hydrogen-bond acceptors (Lipinski definition) is 5. The maximum absolute atomic E-state index is 12.8. The largest absolute Gasteiger partial charge is 0.451 e. The van der Waals surface area contributed by atoms with Gasteiger partial charge in [0.1, 0.15) is 12.1 Å². The molecule has 8 heteroatoms. The highest BCUT2D eigenvalue weighted by atomic mass is 16.5. The van der Waals surface area contributed by atoms with Gasteiger partial charge in [0.2, 0.25) is 0 Å². The number of rotatable bonds is 5. The summed E-state index contributed by atoms with van der Waals surface area (Å²) in [5.74, 6) is -0.737. The summed E-state index contributed by atoms with van der Waals surface area (Å²) in [6, 6.07) is -0.551. The van der Waals surface area contributed by atoms with Gasteiger partial charge in [0, 0.05) is 13.1 Å². The van der Waals surface area contributed by atoms with Crippen LogP contribution in [-0.4, -0.2) is 64.9 Å². The molecule has 3 aliphatic rings. The number of amides is 4. The van der Waals surface area contributed by atoms with Crippen molar-refractivity contribution in [3.8, 4) is 0 Å². The highest BCUT2D eigenvalue weighted by molar-refractivity contribution is 6.08. The summed E-state index contributed by atoms with van der Waals surface area (Å²) >= 11 is 0. The number of carbonyl (C=O) groups is 4. The number of likely N-dealkylation sites (tertiary alicyclic amines) is 1. The van der Waals surface area contributed by atoms with Crippen molar-refractivity contribution in [2.75, 3.05) is 19.6 Å². The van der Waals surface area contributed by atoms with E-state index in [1.165, 1.54) is 6.92 Å². The number of nitrogens with one attached hydrogen (secondary N) is 1. The van der Waals surface area contributed by atoms with E-state index >= 15 is 0 Å². The van der Waals surface area contributed by atoms with E-state index in [-0.39, 0.29) is 11.8 Å². The Bertz CT molecular complexity index is 621. The van der Waals surface area contributed by atoms with Crippen molar-refractivity contribution >= 4 is 23.8 Å². The van der Waals surface area contributed by atoms with E-state index in [1.807, 2.05) is 0 Å². The third-order valence-corrected chi connectivity index (χ3v) is 6.14. The summed E-state index contributed by atoms with van der Waals surface area (Å²) < 4.78 is 5.19. The van der Waals surface area contributed by atoms with Crippen molar-refractivity contribution in [2.24, 2.45) is 5.92 Å². The highest BCUT2D eigenvalue weighted by Crippen LogP contribution is 2.37. The van der Waals surface area contributed by atoms with Crippen LogP contribution in [0.1, 0.15) is 58.8 Å². The van der Waals surface area contributed by atoms with E-state index in [0.29, 0.717) is 31.8 Å². The monoisotopic (exact) mass is 379 g/mol. The molecule has 1 atom stereocenters. The molecule has 2 heterocycles. The minimum absolute atomic E-state index is 0.229. The summed E-state index contributed by atoms with van der Waals surface area (Å²) in [6.45, 7) is 4.55. The first-order chi connectivity index (χ1) is 12.9. The molecule has 1 N–H and O–H groups in total. The van der Waals surface area contributed by atoms with Gasteiger partial charge in [0.15, 0.2) is 6.10 Å². The van der Waals surface area contributed by atoms with E-state index < -0.39 is 30.2 Å². The fourth-order valence-corrected chi connectivity index (χ4v) is 4.35. The van der Waals surface area contributed by atoms with Crippen molar-refractivity contribution in [1.29, 1.82) is 0 Å². The van der Waals surface area contributed by atoms with Crippen molar-refractivity contribution in [3.05, 3.63) is 0 Å². The summed E-state index contributed by atoms with van der Waals surface area (Å²) in [6.07, 6.45) is 5.05. The average molecular weight is 379 g/mol. The first-order valence-electron chi connectivity index (χ1n) is 9.98. The van der Waals surface area contributed by atoms with Crippen LogP contribution in [0.5, 0.6) is 0 Å². The van der Waals surface area contributed by atoms with E-state index in [9.17, 15) is 19.2 Å². The lowest BCUT2D eigenvalue weighted by molar-refractivity contribution is -0.160. The smallest absolute Gasteiger partial charge is 0.327 e. The molecule has 1 spiro atoms. The second-order valence-electron chi connectivity index (χ2n) is 7.92. The second-order valence-corrected chi connectivity index (χ2v) is 7.92.